The molecule has 0 aliphatic heterocycles. The van der Waals surface area contributed by atoms with Gasteiger partial charge in [-0.25, -0.2) is 9.78 Å². The molecule has 21 heavy (non-hydrogen) atoms. The lowest BCUT2D eigenvalue weighted by Gasteiger charge is -2.12. The highest BCUT2D eigenvalue weighted by Gasteiger charge is 2.22. The number of fused-ring (bicyclic) bond motifs is 3. The summed E-state index contributed by atoms with van der Waals surface area (Å²) in [4.78, 5) is 29.6. The number of amides is 1. The van der Waals surface area contributed by atoms with Crippen molar-refractivity contribution < 1.29 is 19.4 Å². The molecule has 1 atom stereocenters. The number of aliphatic carboxylic acids is 1. The van der Waals surface area contributed by atoms with Crippen LogP contribution in [-0.4, -0.2) is 46.1 Å². The number of hydrogen-bond acceptors (Lipinski definition) is 6. The van der Waals surface area contributed by atoms with Crippen LogP contribution in [0, 0.1) is 0 Å². The third kappa shape index (κ3) is 2.50. The van der Waals surface area contributed by atoms with Gasteiger partial charge in [-0.1, -0.05) is 0 Å². The summed E-state index contributed by atoms with van der Waals surface area (Å²) in [5.41, 5.74) is 0.847. The molecule has 0 fully saturated rings. The number of thiazole rings is 1. The van der Waals surface area contributed by atoms with Crippen LogP contribution in [0.1, 0.15) is 9.67 Å². The first-order chi connectivity index (χ1) is 10.1. The van der Waals surface area contributed by atoms with E-state index in [4.69, 9.17) is 9.84 Å². The zero-order chi connectivity index (χ0) is 15.0. The van der Waals surface area contributed by atoms with Gasteiger partial charge in [0.05, 0.1) is 17.0 Å². The van der Waals surface area contributed by atoms with Gasteiger partial charge in [0, 0.05) is 18.7 Å². The van der Waals surface area contributed by atoms with Crippen molar-refractivity contribution in [3.8, 4) is 0 Å². The average molecular weight is 325 g/mol. The molecule has 3 aromatic rings. The van der Waals surface area contributed by atoms with Crippen LogP contribution < -0.4 is 5.32 Å². The molecule has 1 amide bonds. The Hall–Kier alpha value is -1.97. The Bertz CT molecular complexity index is 819. The van der Waals surface area contributed by atoms with E-state index in [9.17, 15) is 9.59 Å². The number of rotatable bonds is 5. The molecule has 0 aromatic carbocycles. The zero-order valence-corrected chi connectivity index (χ0v) is 12.5. The molecule has 9 heteroatoms. The Kier molecular flexibility index (Phi) is 3.62. The molecule has 3 heterocycles. The Morgan fingerprint density at radius 3 is 3.10 bits per heavy atom. The SMILES string of the molecule is COCC(NC(=O)c1cc2c(nc3sccn32)s1)C(=O)O. The fourth-order valence-corrected chi connectivity index (χ4v) is 3.63. The molecule has 3 aromatic heterocycles. The summed E-state index contributed by atoms with van der Waals surface area (Å²) in [6, 6.07) is 0.647. The maximum Gasteiger partial charge on any atom is 0.328 e. The Balaban J connectivity index is 1.86. The van der Waals surface area contributed by atoms with Crippen LogP contribution in [0.4, 0.5) is 0 Å². The number of carbonyl (C=O) groups excluding carboxylic acids is 1. The second-order valence-electron chi connectivity index (χ2n) is 4.29. The number of carboxylic acids is 1. The van der Waals surface area contributed by atoms with Crippen LogP contribution in [0.15, 0.2) is 17.6 Å². The maximum atomic E-state index is 12.1. The van der Waals surface area contributed by atoms with Gasteiger partial charge in [0.1, 0.15) is 4.83 Å². The molecule has 0 bridgehead atoms. The molecule has 0 radical (unpaired) electrons. The number of thiophene rings is 1. The topological polar surface area (TPSA) is 92.9 Å². The van der Waals surface area contributed by atoms with Crippen LogP contribution in [0.3, 0.4) is 0 Å². The van der Waals surface area contributed by atoms with Gasteiger partial charge in [0.25, 0.3) is 5.91 Å². The van der Waals surface area contributed by atoms with Crippen molar-refractivity contribution in [3.63, 3.8) is 0 Å². The van der Waals surface area contributed by atoms with E-state index < -0.39 is 17.9 Å². The number of aromatic nitrogens is 2. The maximum absolute atomic E-state index is 12.1. The highest BCUT2D eigenvalue weighted by atomic mass is 32.1. The number of imidazole rings is 1. The average Bonchev–Trinajstić information content (AvgIpc) is 3.08. The number of ether oxygens (including phenoxy) is 1. The van der Waals surface area contributed by atoms with E-state index >= 15 is 0 Å². The molecule has 2 N–H and O–H groups in total. The second kappa shape index (κ2) is 5.43. The molecule has 7 nitrogen and oxygen atoms in total. The first kappa shape index (κ1) is 14.0. The van der Waals surface area contributed by atoms with E-state index in [0.717, 1.165) is 15.3 Å². The summed E-state index contributed by atoms with van der Waals surface area (Å²) in [6.07, 6.45) is 1.88. The number of carbonyl (C=O) groups is 2. The van der Waals surface area contributed by atoms with Crippen LogP contribution in [0.2, 0.25) is 0 Å². The van der Waals surface area contributed by atoms with Gasteiger partial charge in [0.2, 0.25) is 0 Å². The Morgan fingerprint density at radius 1 is 1.57 bits per heavy atom. The van der Waals surface area contributed by atoms with Gasteiger partial charge in [-0.05, 0) is 6.07 Å². The predicted octanol–water partition coefficient (Wildman–Crippen LogP) is 1.44. The summed E-state index contributed by atoms with van der Waals surface area (Å²) in [7, 11) is 1.38. The lowest BCUT2D eigenvalue weighted by Crippen LogP contribution is -2.43. The molecule has 3 rings (SSSR count). The van der Waals surface area contributed by atoms with Crippen LogP contribution >= 0.6 is 22.7 Å². The highest BCUT2D eigenvalue weighted by molar-refractivity contribution is 7.21. The third-order valence-electron chi connectivity index (χ3n) is 2.90. The van der Waals surface area contributed by atoms with Gasteiger partial charge in [-0.2, -0.15) is 0 Å². The monoisotopic (exact) mass is 325 g/mol. The Morgan fingerprint density at radius 2 is 2.38 bits per heavy atom. The van der Waals surface area contributed by atoms with Gasteiger partial charge in [0.15, 0.2) is 11.0 Å². The van der Waals surface area contributed by atoms with Crippen molar-refractivity contribution in [2.45, 2.75) is 6.04 Å². The molecule has 1 unspecified atom stereocenters. The van der Waals surface area contributed by atoms with Crippen molar-refractivity contribution in [2.24, 2.45) is 0 Å². The van der Waals surface area contributed by atoms with Crippen molar-refractivity contribution >= 4 is 49.9 Å². The van der Waals surface area contributed by atoms with Gasteiger partial charge < -0.3 is 15.2 Å². The van der Waals surface area contributed by atoms with E-state index in [-0.39, 0.29) is 6.61 Å². The summed E-state index contributed by atoms with van der Waals surface area (Å²) in [5.74, 6) is -1.57. The standard InChI is InChI=1S/C12H11N3O4S2/c1-19-5-6(11(17)18)13-9(16)8-4-7-10(21-8)14-12-15(7)2-3-20-12/h2-4,6H,5H2,1H3,(H,13,16)(H,17,18). The first-order valence-corrected chi connectivity index (χ1v) is 7.67. The Labute approximate surface area is 126 Å². The van der Waals surface area contributed by atoms with E-state index in [1.165, 1.54) is 29.8 Å². The number of nitrogens with one attached hydrogen (secondary N) is 1. The van der Waals surface area contributed by atoms with Crippen molar-refractivity contribution in [1.29, 1.82) is 0 Å². The highest BCUT2D eigenvalue weighted by Crippen LogP contribution is 2.28. The molecule has 0 saturated carbocycles. The fourth-order valence-electron chi connectivity index (χ4n) is 1.93. The summed E-state index contributed by atoms with van der Waals surface area (Å²) in [6.45, 7) is -0.0834. The van der Waals surface area contributed by atoms with Crippen LogP contribution in [-0.2, 0) is 9.53 Å². The quantitative estimate of drug-likeness (QED) is 0.740. The molecule has 0 spiro atoms. The predicted molar refractivity (Wildman–Crippen MR) is 79.2 cm³/mol. The minimum atomic E-state index is -1.13. The summed E-state index contributed by atoms with van der Waals surface area (Å²) < 4.78 is 6.69. The van der Waals surface area contributed by atoms with Gasteiger partial charge >= 0.3 is 5.97 Å². The van der Waals surface area contributed by atoms with E-state index in [1.54, 1.807) is 6.07 Å². The van der Waals surface area contributed by atoms with Gasteiger partial charge in [-0.15, -0.1) is 22.7 Å². The molecule has 110 valence electrons. The van der Waals surface area contributed by atoms with Crippen LogP contribution in [0.5, 0.6) is 0 Å². The number of carboxylic acid groups (broad SMARTS) is 1. The largest absolute Gasteiger partial charge is 0.480 e. The second-order valence-corrected chi connectivity index (χ2v) is 6.19. The molecule has 0 saturated heterocycles. The minimum Gasteiger partial charge on any atom is -0.480 e. The molecular weight excluding hydrogens is 314 g/mol. The number of hydrogen-bond donors (Lipinski definition) is 2. The minimum absolute atomic E-state index is 0.0834. The van der Waals surface area contributed by atoms with E-state index in [0.29, 0.717) is 4.88 Å². The normalized spacial score (nSPS) is 12.8. The van der Waals surface area contributed by atoms with E-state index in [1.807, 2.05) is 16.0 Å². The van der Waals surface area contributed by atoms with Crippen molar-refractivity contribution in [1.82, 2.24) is 14.7 Å². The summed E-state index contributed by atoms with van der Waals surface area (Å²) >= 11 is 2.75. The first-order valence-electron chi connectivity index (χ1n) is 5.98. The molecular formula is C12H11N3O4S2. The van der Waals surface area contributed by atoms with E-state index in [2.05, 4.69) is 10.3 Å². The zero-order valence-electron chi connectivity index (χ0n) is 10.9. The molecule has 0 aliphatic rings. The fraction of sp³-hybridized carbons (Fsp3) is 0.250. The lowest BCUT2D eigenvalue weighted by atomic mass is 10.3. The van der Waals surface area contributed by atoms with Crippen molar-refractivity contribution in [2.75, 3.05) is 13.7 Å². The van der Waals surface area contributed by atoms with Crippen LogP contribution in [0.25, 0.3) is 15.3 Å². The van der Waals surface area contributed by atoms with Crippen molar-refractivity contribution in [3.05, 3.63) is 22.5 Å². The smallest absolute Gasteiger partial charge is 0.328 e. The third-order valence-corrected chi connectivity index (χ3v) is 4.67. The number of nitrogens with zero attached hydrogens (tertiary/aromatic N) is 2. The molecule has 0 aliphatic carbocycles. The lowest BCUT2D eigenvalue weighted by molar-refractivity contribution is -0.140. The number of methoxy groups -OCH3 is 1. The van der Waals surface area contributed by atoms with Gasteiger partial charge in [-0.3, -0.25) is 9.20 Å². The summed E-state index contributed by atoms with van der Waals surface area (Å²) in [5, 5.41) is 13.4.